The van der Waals surface area contributed by atoms with Crippen molar-refractivity contribution in [3.8, 4) is 5.75 Å². The van der Waals surface area contributed by atoms with Crippen molar-refractivity contribution in [2.75, 3.05) is 25.1 Å². The van der Waals surface area contributed by atoms with E-state index in [4.69, 9.17) is 4.74 Å². The molecule has 2 atom stereocenters. The van der Waals surface area contributed by atoms with Crippen molar-refractivity contribution in [3.05, 3.63) is 54.9 Å². The van der Waals surface area contributed by atoms with Crippen LogP contribution in [0.1, 0.15) is 38.4 Å². The van der Waals surface area contributed by atoms with Gasteiger partial charge in [0.05, 0.1) is 11.9 Å². The molecule has 29 heavy (non-hydrogen) atoms. The summed E-state index contributed by atoms with van der Waals surface area (Å²) >= 11 is 0. The second kappa shape index (κ2) is 10.7. The Kier molecular flexibility index (Phi) is 7.69. The van der Waals surface area contributed by atoms with Gasteiger partial charge >= 0.3 is 0 Å². The third-order valence-electron chi connectivity index (χ3n) is 5.02. The van der Waals surface area contributed by atoms with Crippen LogP contribution >= 0.6 is 0 Å². The van der Waals surface area contributed by atoms with E-state index in [1.165, 1.54) is 0 Å². The number of fused-ring (bicyclic) bond motifs is 1. The molecule has 3 heterocycles. The molecule has 7 heteroatoms. The van der Waals surface area contributed by atoms with Crippen molar-refractivity contribution >= 4 is 11.9 Å². The molecule has 0 fully saturated rings. The number of anilines is 1. The first-order valence-electron chi connectivity index (χ1n) is 10.3. The molecule has 2 unspecified atom stereocenters. The zero-order valence-electron chi connectivity index (χ0n) is 17.1. The Morgan fingerprint density at radius 1 is 1.41 bits per heavy atom. The molecule has 156 valence electrons. The van der Waals surface area contributed by atoms with E-state index in [0.717, 1.165) is 37.9 Å². The molecule has 0 saturated heterocycles. The number of hydrogen-bond donors (Lipinski definition) is 3. The Bertz CT molecular complexity index is 774. The number of nitrogens with zero attached hydrogens (tertiary/aromatic N) is 3. The van der Waals surface area contributed by atoms with E-state index in [1.807, 2.05) is 24.6 Å². The van der Waals surface area contributed by atoms with Gasteiger partial charge in [-0.3, -0.25) is 0 Å². The van der Waals surface area contributed by atoms with Crippen LogP contribution in [-0.2, 0) is 0 Å². The number of aromatic nitrogens is 2. The molecule has 2 aliphatic heterocycles. The predicted molar refractivity (Wildman–Crippen MR) is 116 cm³/mol. The van der Waals surface area contributed by atoms with Gasteiger partial charge in [0.2, 0.25) is 0 Å². The highest BCUT2D eigenvalue weighted by atomic mass is 16.5. The first-order valence-corrected chi connectivity index (χ1v) is 10.3. The van der Waals surface area contributed by atoms with Gasteiger partial charge in [-0.15, -0.1) is 0 Å². The molecule has 3 rings (SSSR count). The predicted octanol–water partition coefficient (Wildman–Crippen LogP) is 3.26. The highest BCUT2D eigenvalue weighted by Crippen LogP contribution is 2.24. The zero-order chi connectivity index (χ0) is 20.5. The largest absolute Gasteiger partial charge is 0.482 e. The molecule has 1 aromatic heterocycles. The smallest absolute Gasteiger partial charge is 0.180 e. The monoisotopic (exact) mass is 397 g/mol. The number of nitrogens with one attached hydrogen (secondary N) is 2. The van der Waals surface area contributed by atoms with Crippen LogP contribution in [0.4, 0.5) is 5.82 Å². The lowest BCUT2D eigenvalue weighted by molar-refractivity contribution is 0.254. The summed E-state index contributed by atoms with van der Waals surface area (Å²) < 4.78 is 6.02. The number of unbranched alkanes of at least 4 members (excludes halogenated alkanes) is 1. The minimum Gasteiger partial charge on any atom is -0.482 e. The van der Waals surface area contributed by atoms with Crippen LogP contribution in [0.3, 0.4) is 0 Å². The van der Waals surface area contributed by atoms with Crippen LogP contribution in [0, 0.1) is 5.92 Å². The quantitative estimate of drug-likeness (QED) is 0.499. The van der Waals surface area contributed by atoms with Gasteiger partial charge in [0.1, 0.15) is 12.8 Å². The number of ether oxygens (including phenoxy) is 1. The van der Waals surface area contributed by atoms with Crippen molar-refractivity contribution in [2.24, 2.45) is 5.92 Å². The topological polar surface area (TPSA) is 82.5 Å². The molecule has 0 amide bonds. The molecule has 0 saturated carbocycles. The van der Waals surface area contributed by atoms with Crippen LogP contribution in [-0.4, -0.2) is 45.9 Å². The van der Waals surface area contributed by atoms with Gasteiger partial charge in [-0.05, 0) is 37.0 Å². The van der Waals surface area contributed by atoms with E-state index in [1.54, 1.807) is 12.3 Å². The Hall–Kier alpha value is -2.80. The van der Waals surface area contributed by atoms with E-state index in [0.29, 0.717) is 29.9 Å². The molecular weight excluding hydrogens is 366 g/mol. The molecule has 0 spiro atoms. The third kappa shape index (κ3) is 5.84. The molecule has 0 aromatic carbocycles. The fraction of sp³-hybridized carbons (Fsp3) is 0.455. The SMILES string of the molecule is C=Cc1ncc(OCC2=CN3C=CC=CC3N2)c(NCC(CCO)CCCC)n1. The molecule has 3 N–H and O–H groups in total. The van der Waals surface area contributed by atoms with E-state index in [2.05, 4.69) is 45.1 Å². The zero-order valence-corrected chi connectivity index (χ0v) is 17.1. The summed E-state index contributed by atoms with van der Waals surface area (Å²) in [6, 6.07) is 0. The normalized spacial score (nSPS) is 18.1. The van der Waals surface area contributed by atoms with Crippen molar-refractivity contribution in [3.63, 3.8) is 0 Å². The van der Waals surface area contributed by atoms with Crippen molar-refractivity contribution in [1.29, 1.82) is 0 Å². The maximum absolute atomic E-state index is 9.35. The molecule has 0 radical (unpaired) electrons. The van der Waals surface area contributed by atoms with Crippen LogP contribution < -0.4 is 15.4 Å². The second-order valence-corrected chi connectivity index (χ2v) is 7.25. The summed E-state index contributed by atoms with van der Waals surface area (Å²) in [5.41, 5.74) is 0.992. The summed E-state index contributed by atoms with van der Waals surface area (Å²) in [5, 5.41) is 16.2. The average Bonchev–Trinajstić information content (AvgIpc) is 3.17. The first-order chi connectivity index (χ1) is 14.2. The van der Waals surface area contributed by atoms with E-state index in [9.17, 15) is 5.11 Å². The lowest BCUT2D eigenvalue weighted by Crippen LogP contribution is -2.32. The molecule has 0 aliphatic carbocycles. The lowest BCUT2D eigenvalue weighted by atomic mass is 9.99. The Balaban J connectivity index is 1.63. The minimum absolute atomic E-state index is 0.147. The summed E-state index contributed by atoms with van der Waals surface area (Å²) in [5.74, 6) is 2.21. The minimum atomic E-state index is 0.147. The lowest BCUT2D eigenvalue weighted by Gasteiger charge is -2.21. The second-order valence-electron chi connectivity index (χ2n) is 7.25. The Morgan fingerprint density at radius 2 is 2.31 bits per heavy atom. The molecule has 2 aliphatic rings. The molecule has 7 nitrogen and oxygen atoms in total. The first kappa shape index (κ1) is 20.9. The maximum atomic E-state index is 9.35. The van der Waals surface area contributed by atoms with Gasteiger partial charge in [0.15, 0.2) is 17.4 Å². The van der Waals surface area contributed by atoms with E-state index in [-0.39, 0.29) is 12.8 Å². The van der Waals surface area contributed by atoms with Gasteiger partial charge in [0, 0.05) is 25.6 Å². The van der Waals surface area contributed by atoms with Crippen molar-refractivity contribution in [1.82, 2.24) is 20.2 Å². The van der Waals surface area contributed by atoms with Gasteiger partial charge in [-0.25, -0.2) is 9.97 Å². The fourth-order valence-corrected chi connectivity index (χ4v) is 3.38. The number of rotatable bonds is 12. The van der Waals surface area contributed by atoms with Crippen LogP contribution in [0.2, 0.25) is 0 Å². The number of allylic oxidation sites excluding steroid dienone is 2. The molecule has 0 bridgehead atoms. The summed E-state index contributed by atoms with van der Waals surface area (Å²) in [7, 11) is 0. The maximum Gasteiger partial charge on any atom is 0.180 e. The number of hydrogen-bond acceptors (Lipinski definition) is 7. The number of aliphatic hydroxyl groups is 1. The Morgan fingerprint density at radius 3 is 3.07 bits per heavy atom. The van der Waals surface area contributed by atoms with Gasteiger partial charge in [0.25, 0.3) is 0 Å². The highest BCUT2D eigenvalue weighted by molar-refractivity contribution is 5.52. The van der Waals surface area contributed by atoms with E-state index >= 15 is 0 Å². The van der Waals surface area contributed by atoms with Crippen molar-refractivity contribution in [2.45, 2.75) is 38.8 Å². The van der Waals surface area contributed by atoms with Gasteiger partial charge < -0.3 is 25.4 Å². The summed E-state index contributed by atoms with van der Waals surface area (Å²) in [6.07, 6.45) is 17.8. The van der Waals surface area contributed by atoms with Crippen LogP contribution in [0.5, 0.6) is 5.75 Å². The third-order valence-corrected chi connectivity index (χ3v) is 5.02. The highest BCUT2D eigenvalue weighted by Gasteiger charge is 2.21. The standard InChI is InChI=1S/C22H31N5O2/c1-3-5-8-17(10-12-28)13-24-22-19(14-23-20(4-2)26-22)29-16-18-15-27-11-7-6-9-21(27)25-18/h4,6-7,9,11,14-15,17,21,25,28H,2-3,5,8,10,12-13,16H2,1H3,(H,23,24,26). The fourth-order valence-electron chi connectivity index (χ4n) is 3.38. The van der Waals surface area contributed by atoms with Crippen LogP contribution in [0.25, 0.3) is 6.08 Å². The van der Waals surface area contributed by atoms with Gasteiger partial charge in [-0.2, -0.15) is 0 Å². The molecular formula is C22H31N5O2. The van der Waals surface area contributed by atoms with Crippen LogP contribution in [0.15, 0.2) is 49.1 Å². The Labute approximate surface area is 172 Å². The van der Waals surface area contributed by atoms with Gasteiger partial charge in [-0.1, -0.05) is 32.4 Å². The molecule has 1 aromatic rings. The average molecular weight is 398 g/mol. The summed E-state index contributed by atoms with van der Waals surface area (Å²) in [6.45, 7) is 7.26. The van der Waals surface area contributed by atoms with Crippen molar-refractivity contribution < 1.29 is 9.84 Å². The summed E-state index contributed by atoms with van der Waals surface area (Å²) in [4.78, 5) is 10.9. The van der Waals surface area contributed by atoms with E-state index < -0.39 is 0 Å². The number of aliphatic hydroxyl groups excluding tert-OH is 1.